The van der Waals surface area contributed by atoms with Gasteiger partial charge in [-0.25, -0.2) is 14.6 Å². The summed E-state index contributed by atoms with van der Waals surface area (Å²) in [4.78, 5) is 45.4. The number of hydrogen-bond acceptors (Lipinski definition) is 7. The lowest BCUT2D eigenvalue weighted by molar-refractivity contribution is 0.0600. The quantitative estimate of drug-likeness (QED) is 0.228. The van der Waals surface area contributed by atoms with Gasteiger partial charge in [0.25, 0.3) is 5.56 Å². The summed E-state index contributed by atoms with van der Waals surface area (Å²) in [6.45, 7) is 0.260. The Labute approximate surface area is 262 Å². The average molecular weight is 613 g/mol. The van der Waals surface area contributed by atoms with Crippen LogP contribution in [-0.4, -0.2) is 27.2 Å². The van der Waals surface area contributed by atoms with E-state index < -0.39 is 23.1 Å². The number of aromatic nitrogens is 3. The molecule has 3 heterocycles. The largest absolute Gasteiger partial charge is 0.465 e. The molecular weight excluding hydrogens is 584 g/mol. The minimum atomic E-state index is -0.620. The Balaban J connectivity index is 1.57. The smallest absolute Gasteiger partial charge is 0.337 e. The number of para-hydroxylation sites is 1. The molecule has 0 unspecified atom stereocenters. The Morgan fingerprint density at radius 2 is 1.56 bits per heavy atom. The molecule has 0 saturated heterocycles. The normalized spacial score (nSPS) is 14.2. The van der Waals surface area contributed by atoms with E-state index in [0.717, 1.165) is 43.2 Å². The van der Waals surface area contributed by atoms with Crippen LogP contribution in [0.2, 0.25) is 0 Å². The fourth-order valence-electron chi connectivity index (χ4n) is 5.89. The summed E-state index contributed by atoms with van der Waals surface area (Å²) < 4.78 is 8.75. The molecule has 1 N–H and O–H groups in total. The van der Waals surface area contributed by atoms with Crippen molar-refractivity contribution in [3.63, 3.8) is 0 Å². The van der Waals surface area contributed by atoms with E-state index in [0.29, 0.717) is 16.9 Å². The first-order chi connectivity index (χ1) is 21.9. The second-order valence-electron chi connectivity index (χ2n) is 10.8. The lowest BCUT2D eigenvalue weighted by atomic mass is 9.80. The van der Waals surface area contributed by atoms with Crippen LogP contribution in [0.4, 0.5) is 5.82 Å². The molecule has 0 spiro atoms. The summed E-state index contributed by atoms with van der Waals surface area (Å²) in [5.41, 5.74) is 4.97. The van der Waals surface area contributed by atoms with E-state index in [1.807, 2.05) is 97.1 Å². The molecule has 1 aliphatic heterocycles. The Bertz CT molecular complexity index is 2180. The molecule has 0 bridgehead atoms. The molecule has 4 aromatic carbocycles. The zero-order chi connectivity index (χ0) is 31.1. The first-order valence-corrected chi connectivity index (χ1v) is 15.2. The van der Waals surface area contributed by atoms with Gasteiger partial charge >= 0.3 is 11.7 Å². The van der Waals surface area contributed by atoms with Gasteiger partial charge in [-0.3, -0.25) is 13.9 Å². The molecule has 0 aliphatic carbocycles. The summed E-state index contributed by atoms with van der Waals surface area (Å²) in [5.74, 6) is -0.644. The van der Waals surface area contributed by atoms with Gasteiger partial charge in [0.1, 0.15) is 10.8 Å². The number of rotatable bonds is 6. The van der Waals surface area contributed by atoms with Gasteiger partial charge < -0.3 is 10.1 Å². The first kappa shape index (κ1) is 28.2. The van der Waals surface area contributed by atoms with Crippen molar-refractivity contribution in [1.82, 2.24) is 14.1 Å². The van der Waals surface area contributed by atoms with Gasteiger partial charge in [-0.1, -0.05) is 84.9 Å². The minimum Gasteiger partial charge on any atom is -0.465 e. The molecule has 0 saturated carbocycles. The zero-order valence-electron chi connectivity index (χ0n) is 24.6. The van der Waals surface area contributed by atoms with Crippen LogP contribution in [0.25, 0.3) is 21.5 Å². The summed E-state index contributed by atoms with van der Waals surface area (Å²) in [7, 11) is 2.85. The van der Waals surface area contributed by atoms with Crippen molar-refractivity contribution in [3.8, 4) is 0 Å². The van der Waals surface area contributed by atoms with E-state index in [1.165, 1.54) is 18.7 Å². The number of esters is 1. The van der Waals surface area contributed by atoms with Gasteiger partial charge in [-0.05, 0) is 41.0 Å². The SMILES string of the molecule is COC(=O)c1ccc([C@@H]2C(c3nc4ccccc4s3)=C(c3ccccc3)Nc3c2c(=O)n(C)c(=O)n3Cc2ccccc2)cc1. The number of nitrogens with zero attached hydrogens (tertiary/aromatic N) is 3. The van der Waals surface area contributed by atoms with Crippen molar-refractivity contribution >= 4 is 44.6 Å². The van der Waals surface area contributed by atoms with Crippen molar-refractivity contribution in [2.45, 2.75) is 12.5 Å². The molecule has 1 atom stereocenters. The second-order valence-corrected chi connectivity index (χ2v) is 11.8. The van der Waals surface area contributed by atoms with Crippen LogP contribution >= 0.6 is 11.3 Å². The molecule has 2 aromatic heterocycles. The third-order valence-corrected chi connectivity index (χ3v) is 9.17. The second kappa shape index (κ2) is 11.5. The summed E-state index contributed by atoms with van der Waals surface area (Å²) in [5, 5.41) is 4.31. The highest BCUT2D eigenvalue weighted by molar-refractivity contribution is 7.19. The molecule has 1 aliphatic rings. The number of methoxy groups -OCH3 is 1. The first-order valence-electron chi connectivity index (χ1n) is 14.4. The highest BCUT2D eigenvalue weighted by Crippen LogP contribution is 2.48. The Hall–Kier alpha value is -5.54. The number of fused-ring (bicyclic) bond motifs is 2. The van der Waals surface area contributed by atoms with E-state index >= 15 is 0 Å². The van der Waals surface area contributed by atoms with Crippen molar-refractivity contribution in [1.29, 1.82) is 0 Å². The van der Waals surface area contributed by atoms with Gasteiger partial charge in [0.2, 0.25) is 0 Å². The van der Waals surface area contributed by atoms with E-state index in [-0.39, 0.29) is 6.54 Å². The molecule has 0 amide bonds. The van der Waals surface area contributed by atoms with E-state index in [4.69, 9.17) is 9.72 Å². The lowest BCUT2D eigenvalue weighted by Gasteiger charge is -2.33. The maximum atomic E-state index is 14.2. The summed E-state index contributed by atoms with van der Waals surface area (Å²) in [6.07, 6.45) is 0. The standard InChI is InChI=1S/C36H28N4O4S/c1-39-34(41)30-28(23-17-19-25(20-18-23)35(42)44-2)29(33-37-26-15-9-10-16-27(26)45-33)31(24-13-7-4-8-14-24)38-32(30)40(36(39)43)21-22-11-5-3-6-12-22/h3-20,28,38H,21H2,1-2H3/t28-/m1/s1. The molecule has 9 heteroatoms. The molecular formula is C36H28N4O4S. The molecule has 8 nitrogen and oxygen atoms in total. The molecule has 222 valence electrons. The Morgan fingerprint density at radius 1 is 0.889 bits per heavy atom. The fourth-order valence-corrected chi connectivity index (χ4v) is 6.93. The summed E-state index contributed by atoms with van der Waals surface area (Å²) in [6, 6.07) is 34.6. The van der Waals surface area contributed by atoms with Crippen molar-refractivity contribution in [2.24, 2.45) is 7.05 Å². The van der Waals surface area contributed by atoms with Gasteiger partial charge in [0, 0.05) is 18.5 Å². The molecule has 6 aromatic rings. The maximum Gasteiger partial charge on any atom is 0.337 e. The number of benzene rings is 4. The molecule has 7 rings (SSSR count). The van der Waals surface area contributed by atoms with E-state index in [9.17, 15) is 14.4 Å². The van der Waals surface area contributed by atoms with Crippen LogP contribution in [0, 0.1) is 0 Å². The number of carbonyl (C=O) groups is 1. The Kier molecular flexibility index (Phi) is 7.23. The topological polar surface area (TPSA) is 95.2 Å². The lowest BCUT2D eigenvalue weighted by Crippen LogP contribution is -2.43. The van der Waals surface area contributed by atoms with E-state index in [2.05, 4.69) is 5.32 Å². The minimum absolute atomic E-state index is 0.260. The highest BCUT2D eigenvalue weighted by atomic mass is 32.1. The van der Waals surface area contributed by atoms with Crippen molar-refractivity contribution < 1.29 is 9.53 Å². The monoisotopic (exact) mass is 612 g/mol. The van der Waals surface area contributed by atoms with Crippen LogP contribution < -0.4 is 16.6 Å². The number of allylic oxidation sites excluding steroid dienone is 1. The number of thiazole rings is 1. The van der Waals surface area contributed by atoms with Crippen LogP contribution in [0.5, 0.6) is 0 Å². The Morgan fingerprint density at radius 3 is 2.24 bits per heavy atom. The molecule has 45 heavy (non-hydrogen) atoms. The van der Waals surface area contributed by atoms with Gasteiger partial charge in [-0.2, -0.15) is 0 Å². The van der Waals surface area contributed by atoms with Gasteiger partial charge in [0.15, 0.2) is 0 Å². The number of ether oxygens (including phenoxy) is 1. The van der Waals surface area contributed by atoms with Crippen LogP contribution in [0.15, 0.2) is 119 Å². The molecule has 0 fully saturated rings. The number of nitrogens with one attached hydrogen (secondary N) is 1. The third-order valence-electron chi connectivity index (χ3n) is 8.10. The van der Waals surface area contributed by atoms with E-state index in [1.54, 1.807) is 28.0 Å². The number of anilines is 1. The third kappa shape index (κ3) is 4.97. The maximum absolute atomic E-state index is 14.2. The fraction of sp³-hybridized carbons (Fsp3) is 0.111. The van der Waals surface area contributed by atoms with Crippen molar-refractivity contribution in [2.75, 3.05) is 12.4 Å². The summed E-state index contributed by atoms with van der Waals surface area (Å²) >= 11 is 1.55. The van der Waals surface area contributed by atoms with Crippen LogP contribution in [-0.2, 0) is 18.3 Å². The number of carbonyl (C=O) groups excluding carboxylic acids is 1. The average Bonchev–Trinajstić information content (AvgIpc) is 3.53. The molecule has 0 radical (unpaired) electrons. The van der Waals surface area contributed by atoms with Crippen LogP contribution in [0.3, 0.4) is 0 Å². The van der Waals surface area contributed by atoms with Crippen LogP contribution in [0.1, 0.15) is 43.5 Å². The predicted octanol–water partition coefficient (Wildman–Crippen LogP) is 6.12. The highest BCUT2D eigenvalue weighted by Gasteiger charge is 2.37. The zero-order valence-corrected chi connectivity index (χ0v) is 25.4. The van der Waals surface area contributed by atoms with Gasteiger partial charge in [0.05, 0.1) is 40.7 Å². The van der Waals surface area contributed by atoms with Gasteiger partial charge in [-0.15, -0.1) is 11.3 Å². The predicted molar refractivity (Wildman–Crippen MR) is 178 cm³/mol. The van der Waals surface area contributed by atoms with Crippen molar-refractivity contribution in [3.05, 3.63) is 163 Å². The number of hydrogen-bond donors (Lipinski definition) is 1.